The highest BCUT2D eigenvalue weighted by molar-refractivity contribution is 5.91. The molecule has 0 aliphatic rings. The van der Waals surface area contributed by atoms with E-state index in [9.17, 15) is 20.0 Å². The van der Waals surface area contributed by atoms with Gasteiger partial charge in [-0.3, -0.25) is 14.9 Å². The van der Waals surface area contributed by atoms with Crippen molar-refractivity contribution in [3.8, 4) is 0 Å². The van der Waals surface area contributed by atoms with Gasteiger partial charge < -0.3 is 15.7 Å². The topological polar surface area (TPSA) is 104 Å². The largest absolute Gasteiger partial charge is 0.392 e. The van der Waals surface area contributed by atoms with Crippen LogP contribution in [0.5, 0.6) is 0 Å². The number of amides is 1. The van der Waals surface area contributed by atoms with Crippen LogP contribution in [0.3, 0.4) is 0 Å². The van der Waals surface area contributed by atoms with Gasteiger partial charge in [0, 0.05) is 41.5 Å². The molecule has 0 bridgehead atoms. The Labute approximate surface area is 139 Å². The van der Waals surface area contributed by atoms with Crippen LogP contribution in [0.1, 0.15) is 18.9 Å². The molecule has 2 aromatic carbocycles. The van der Waals surface area contributed by atoms with Crippen LogP contribution in [-0.4, -0.2) is 22.0 Å². The summed E-state index contributed by atoms with van der Waals surface area (Å²) in [5, 5.41) is 25.9. The standard InChI is InChI=1S/C17H19N3O4/c1-12(18-16-8-3-2-5-13(16)11-21)9-17(22)19-14-6-4-7-15(10-14)20(23)24/h2-8,10,12,18,21H,9,11H2,1H3,(H,19,22). The Morgan fingerprint density at radius 2 is 2.00 bits per heavy atom. The summed E-state index contributed by atoms with van der Waals surface area (Å²) in [6.07, 6.45) is 0.183. The maximum Gasteiger partial charge on any atom is 0.271 e. The van der Waals surface area contributed by atoms with Gasteiger partial charge >= 0.3 is 0 Å². The van der Waals surface area contributed by atoms with E-state index in [4.69, 9.17) is 0 Å². The summed E-state index contributed by atoms with van der Waals surface area (Å²) < 4.78 is 0. The number of hydrogen-bond acceptors (Lipinski definition) is 5. The fourth-order valence-electron chi connectivity index (χ4n) is 2.30. The summed E-state index contributed by atoms with van der Waals surface area (Å²) in [4.78, 5) is 22.3. The molecular weight excluding hydrogens is 310 g/mol. The van der Waals surface area contributed by atoms with Gasteiger partial charge in [0.2, 0.25) is 5.91 Å². The van der Waals surface area contributed by atoms with Crippen molar-refractivity contribution in [1.82, 2.24) is 0 Å². The van der Waals surface area contributed by atoms with Crippen LogP contribution in [0.2, 0.25) is 0 Å². The Morgan fingerprint density at radius 3 is 2.71 bits per heavy atom. The van der Waals surface area contributed by atoms with Crippen molar-refractivity contribution in [2.24, 2.45) is 0 Å². The van der Waals surface area contributed by atoms with E-state index in [1.807, 2.05) is 25.1 Å². The molecule has 1 amide bonds. The molecule has 2 aromatic rings. The number of non-ortho nitro benzene ring substituents is 1. The molecule has 0 heterocycles. The number of nitrogens with one attached hydrogen (secondary N) is 2. The van der Waals surface area contributed by atoms with Crippen molar-refractivity contribution in [2.45, 2.75) is 26.0 Å². The molecule has 0 spiro atoms. The predicted molar refractivity (Wildman–Crippen MR) is 91.8 cm³/mol. The number of hydrogen-bond donors (Lipinski definition) is 3. The van der Waals surface area contributed by atoms with E-state index in [0.29, 0.717) is 5.69 Å². The molecule has 1 atom stereocenters. The molecule has 126 valence electrons. The van der Waals surface area contributed by atoms with Gasteiger partial charge in [-0.05, 0) is 19.1 Å². The van der Waals surface area contributed by atoms with Crippen LogP contribution in [0.15, 0.2) is 48.5 Å². The number of nitro benzene ring substituents is 1. The number of carbonyl (C=O) groups is 1. The molecule has 1 unspecified atom stereocenters. The van der Waals surface area contributed by atoms with E-state index in [1.165, 1.54) is 18.2 Å². The van der Waals surface area contributed by atoms with E-state index in [1.54, 1.807) is 12.1 Å². The van der Waals surface area contributed by atoms with E-state index in [2.05, 4.69) is 10.6 Å². The third-order valence-corrected chi connectivity index (χ3v) is 3.42. The molecule has 0 aromatic heterocycles. The van der Waals surface area contributed by atoms with E-state index < -0.39 is 4.92 Å². The van der Waals surface area contributed by atoms with Crippen molar-refractivity contribution in [1.29, 1.82) is 0 Å². The second-order valence-electron chi connectivity index (χ2n) is 5.42. The van der Waals surface area contributed by atoms with Gasteiger partial charge in [0.25, 0.3) is 5.69 Å². The SMILES string of the molecule is CC(CC(=O)Nc1cccc([N+](=O)[O-])c1)Nc1ccccc1CO. The van der Waals surface area contributed by atoms with Crippen molar-refractivity contribution in [3.05, 3.63) is 64.2 Å². The lowest BCUT2D eigenvalue weighted by molar-refractivity contribution is -0.384. The molecule has 0 fully saturated rings. The molecular formula is C17H19N3O4. The van der Waals surface area contributed by atoms with Gasteiger partial charge in [0.15, 0.2) is 0 Å². The first-order chi connectivity index (χ1) is 11.5. The summed E-state index contributed by atoms with van der Waals surface area (Å²) >= 11 is 0. The third-order valence-electron chi connectivity index (χ3n) is 3.42. The van der Waals surface area contributed by atoms with Gasteiger partial charge in [-0.15, -0.1) is 0 Å². The van der Waals surface area contributed by atoms with E-state index in [-0.39, 0.29) is 30.7 Å². The molecule has 0 radical (unpaired) electrons. The molecule has 7 heteroatoms. The summed E-state index contributed by atoms with van der Waals surface area (Å²) in [5.74, 6) is -0.253. The number of carbonyl (C=O) groups excluding carboxylic acids is 1. The summed E-state index contributed by atoms with van der Waals surface area (Å²) in [5.41, 5.74) is 1.84. The minimum absolute atomic E-state index is 0.0733. The molecule has 24 heavy (non-hydrogen) atoms. The molecule has 7 nitrogen and oxygen atoms in total. The molecule has 2 rings (SSSR count). The van der Waals surface area contributed by atoms with Gasteiger partial charge in [-0.1, -0.05) is 24.3 Å². The van der Waals surface area contributed by atoms with Crippen LogP contribution >= 0.6 is 0 Å². The number of aliphatic hydroxyl groups excluding tert-OH is 1. The highest BCUT2D eigenvalue weighted by atomic mass is 16.6. The minimum Gasteiger partial charge on any atom is -0.392 e. The maximum atomic E-state index is 12.1. The van der Waals surface area contributed by atoms with Crippen molar-refractivity contribution < 1.29 is 14.8 Å². The smallest absolute Gasteiger partial charge is 0.271 e. The Bertz CT molecular complexity index is 733. The summed E-state index contributed by atoms with van der Waals surface area (Å²) in [6.45, 7) is 1.76. The Balaban J connectivity index is 1.94. The quantitative estimate of drug-likeness (QED) is 0.535. The molecule has 0 aliphatic heterocycles. The zero-order valence-corrected chi connectivity index (χ0v) is 13.2. The highest BCUT2D eigenvalue weighted by Crippen LogP contribution is 2.19. The van der Waals surface area contributed by atoms with Gasteiger partial charge in [0.05, 0.1) is 11.5 Å². The number of nitro groups is 1. The van der Waals surface area contributed by atoms with Crippen LogP contribution in [0.25, 0.3) is 0 Å². The van der Waals surface area contributed by atoms with Crippen molar-refractivity contribution in [3.63, 3.8) is 0 Å². The Kier molecular flexibility index (Phi) is 5.86. The van der Waals surface area contributed by atoms with Gasteiger partial charge in [-0.25, -0.2) is 0 Å². The highest BCUT2D eigenvalue weighted by Gasteiger charge is 2.12. The first kappa shape index (κ1) is 17.4. The van der Waals surface area contributed by atoms with Crippen LogP contribution in [0, 0.1) is 10.1 Å². The second kappa shape index (κ2) is 8.07. The maximum absolute atomic E-state index is 12.1. The average Bonchev–Trinajstić information content (AvgIpc) is 2.55. The Morgan fingerprint density at radius 1 is 1.25 bits per heavy atom. The first-order valence-corrected chi connectivity index (χ1v) is 7.49. The third kappa shape index (κ3) is 4.79. The summed E-state index contributed by atoms with van der Waals surface area (Å²) in [6, 6.07) is 12.9. The van der Waals surface area contributed by atoms with E-state index in [0.717, 1.165) is 11.3 Å². The van der Waals surface area contributed by atoms with Crippen LogP contribution in [0.4, 0.5) is 17.1 Å². The van der Waals surface area contributed by atoms with Crippen molar-refractivity contribution in [2.75, 3.05) is 10.6 Å². The zero-order valence-electron chi connectivity index (χ0n) is 13.2. The number of nitrogens with zero attached hydrogens (tertiary/aromatic N) is 1. The number of anilines is 2. The van der Waals surface area contributed by atoms with Crippen LogP contribution in [-0.2, 0) is 11.4 Å². The number of rotatable bonds is 7. The number of aliphatic hydroxyl groups is 1. The van der Waals surface area contributed by atoms with Gasteiger partial charge in [-0.2, -0.15) is 0 Å². The minimum atomic E-state index is -0.508. The molecule has 0 aliphatic carbocycles. The fraction of sp³-hybridized carbons (Fsp3) is 0.235. The lowest BCUT2D eigenvalue weighted by Crippen LogP contribution is -2.24. The molecule has 3 N–H and O–H groups in total. The average molecular weight is 329 g/mol. The van der Waals surface area contributed by atoms with Gasteiger partial charge in [0.1, 0.15) is 0 Å². The normalized spacial score (nSPS) is 11.6. The lowest BCUT2D eigenvalue weighted by atomic mass is 10.1. The first-order valence-electron chi connectivity index (χ1n) is 7.49. The lowest BCUT2D eigenvalue weighted by Gasteiger charge is -2.17. The van der Waals surface area contributed by atoms with Crippen LogP contribution < -0.4 is 10.6 Å². The second-order valence-corrected chi connectivity index (χ2v) is 5.42. The zero-order chi connectivity index (χ0) is 17.5. The fourth-order valence-corrected chi connectivity index (χ4v) is 2.30. The number of para-hydroxylation sites is 1. The number of benzene rings is 2. The van der Waals surface area contributed by atoms with E-state index >= 15 is 0 Å². The molecule has 0 saturated carbocycles. The Hall–Kier alpha value is -2.93. The monoisotopic (exact) mass is 329 g/mol. The van der Waals surface area contributed by atoms with Crippen molar-refractivity contribution >= 4 is 23.0 Å². The molecule has 0 saturated heterocycles. The summed E-state index contributed by atoms with van der Waals surface area (Å²) in [7, 11) is 0. The predicted octanol–water partition coefficient (Wildman–Crippen LogP) is 2.92.